The summed E-state index contributed by atoms with van der Waals surface area (Å²) in [5, 5.41) is 4.65. The molecule has 106 valence electrons. The highest BCUT2D eigenvalue weighted by Crippen LogP contribution is 2.26. The van der Waals surface area contributed by atoms with Crippen LogP contribution in [0.2, 0.25) is 0 Å². The lowest BCUT2D eigenvalue weighted by molar-refractivity contribution is 0.596. The number of nitrogens with one attached hydrogen (secondary N) is 1. The van der Waals surface area contributed by atoms with E-state index in [1.54, 1.807) is 0 Å². The Morgan fingerprint density at radius 3 is 2.76 bits per heavy atom. The van der Waals surface area contributed by atoms with E-state index < -0.39 is 0 Å². The lowest BCUT2D eigenvalue weighted by Crippen LogP contribution is -2.19. The van der Waals surface area contributed by atoms with E-state index in [1.807, 2.05) is 19.3 Å². The van der Waals surface area contributed by atoms with Gasteiger partial charge >= 0.3 is 0 Å². The summed E-state index contributed by atoms with van der Waals surface area (Å²) in [7, 11) is 2.01. The van der Waals surface area contributed by atoms with Crippen LogP contribution >= 0.6 is 15.9 Å². The highest BCUT2D eigenvalue weighted by molar-refractivity contribution is 9.10. The van der Waals surface area contributed by atoms with Crippen LogP contribution in [-0.4, -0.2) is 12.0 Å². The molecule has 0 aliphatic rings. The first-order chi connectivity index (χ1) is 10.3. The monoisotopic (exact) mass is 340 g/mol. The molecule has 2 aromatic carbocycles. The van der Waals surface area contributed by atoms with E-state index in [9.17, 15) is 0 Å². The number of pyridine rings is 1. The number of halogens is 1. The molecule has 3 rings (SSSR count). The molecule has 1 N–H and O–H groups in total. The van der Waals surface area contributed by atoms with E-state index in [2.05, 4.69) is 74.8 Å². The molecule has 0 fully saturated rings. The number of rotatable bonds is 4. The number of benzene rings is 2. The third-order valence-electron chi connectivity index (χ3n) is 3.73. The molecule has 0 saturated carbocycles. The molecule has 0 aliphatic carbocycles. The van der Waals surface area contributed by atoms with Crippen molar-refractivity contribution in [2.75, 3.05) is 7.05 Å². The van der Waals surface area contributed by atoms with E-state index in [0.29, 0.717) is 0 Å². The maximum atomic E-state index is 4.44. The minimum absolute atomic E-state index is 0.271. The molecule has 0 radical (unpaired) electrons. The van der Waals surface area contributed by atoms with Gasteiger partial charge in [-0.15, -0.1) is 0 Å². The molecule has 1 aromatic heterocycles. The van der Waals surface area contributed by atoms with Gasteiger partial charge in [0, 0.05) is 22.1 Å². The van der Waals surface area contributed by atoms with Gasteiger partial charge in [-0.3, -0.25) is 4.98 Å². The summed E-state index contributed by atoms with van der Waals surface area (Å²) in [6.45, 7) is 0. The molecule has 0 spiro atoms. The molecule has 0 saturated heterocycles. The summed E-state index contributed by atoms with van der Waals surface area (Å²) in [5.74, 6) is 0. The molecule has 1 heterocycles. The van der Waals surface area contributed by atoms with Gasteiger partial charge in [0.25, 0.3) is 0 Å². The van der Waals surface area contributed by atoms with Crippen molar-refractivity contribution in [3.63, 3.8) is 0 Å². The topological polar surface area (TPSA) is 24.9 Å². The Bertz CT molecular complexity index is 750. The molecule has 1 atom stereocenters. The lowest BCUT2D eigenvalue weighted by Gasteiger charge is -2.19. The van der Waals surface area contributed by atoms with E-state index in [4.69, 9.17) is 0 Å². The van der Waals surface area contributed by atoms with Crippen LogP contribution in [0.1, 0.15) is 17.2 Å². The summed E-state index contributed by atoms with van der Waals surface area (Å²) in [6, 6.07) is 19.2. The van der Waals surface area contributed by atoms with Crippen LogP contribution in [0.5, 0.6) is 0 Å². The molecule has 3 aromatic rings. The van der Waals surface area contributed by atoms with Crippen molar-refractivity contribution in [3.8, 4) is 0 Å². The first-order valence-electron chi connectivity index (χ1n) is 7.03. The standard InChI is InChI=1S/C18H17BrN2/c1-20-18(12-13-5-2-6-14(19)11-13)16-7-3-9-17-15(16)8-4-10-21-17/h2-11,18,20H,12H2,1H3. The maximum absolute atomic E-state index is 4.44. The zero-order valence-electron chi connectivity index (χ0n) is 11.9. The molecule has 21 heavy (non-hydrogen) atoms. The van der Waals surface area contributed by atoms with E-state index >= 15 is 0 Å². The molecular formula is C18H17BrN2. The van der Waals surface area contributed by atoms with Gasteiger partial charge < -0.3 is 5.32 Å². The smallest absolute Gasteiger partial charge is 0.0705 e. The molecule has 2 nitrogen and oxygen atoms in total. The SMILES string of the molecule is CNC(Cc1cccc(Br)c1)c1cccc2ncccc12. The predicted octanol–water partition coefficient (Wildman–Crippen LogP) is 4.50. The summed E-state index contributed by atoms with van der Waals surface area (Å²) >= 11 is 3.54. The van der Waals surface area contributed by atoms with Gasteiger partial charge in [-0.2, -0.15) is 0 Å². The summed E-state index contributed by atoms with van der Waals surface area (Å²) < 4.78 is 1.12. The van der Waals surface area contributed by atoms with Crippen molar-refractivity contribution in [1.82, 2.24) is 10.3 Å². The number of likely N-dealkylation sites (N-methyl/N-ethyl adjacent to an activating group) is 1. The van der Waals surface area contributed by atoms with Gasteiger partial charge in [0.15, 0.2) is 0 Å². The lowest BCUT2D eigenvalue weighted by atomic mass is 9.95. The molecular weight excluding hydrogens is 324 g/mol. The highest BCUT2D eigenvalue weighted by Gasteiger charge is 2.13. The zero-order chi connectivity index (χ0) is 14.7. The Kier molecular flexibility index (Phi) is 4.32. The first-order valence-corrected chi connectivity index (χ1v) is 7.82. The highest BCUT2D eigenvalue weighted by atomic mass is 79.9. The van der Waals surface area contributed by atoms with Crippen LogP contribution in [0.4, 0.5) is 0 Å². The Labute approximate surface area is 133 Å². The van der Waals surface area contributed by atoms with Gasteiger partial charge in [-0.05, 0) is 48.9 Å². The van der Waals surface area contributed by atoms with Gasteiger partial charge in [0.05, 0.1) is 5.52 Å². The normalized spacial score (nSPS) is 12.5. The van der Waals surface area contributed by atoms with Crippen molar-refractivity contribution in [2.24, 2.45) is 0 Å². The van der Waals surface area contributed by atoms with Crippen LogP contribution in [0, 0.1) is 0 Å². The van der Waals surface area contributed by atoms with Crippen molar-refractivity contribution >= 4 is 26.8 Å². The Hall–Kier alpha value is -1.71. The molecule has 1 unspecified atom stereocenters. The van der Waals surface area contributed by atoms with Crippen molar-refractivity contribution < 1.29 is 0 Å². The van der Waals surface area contributed by atoms with Gasteiger partial charge in [0.2, 0.25) is 0 Å². The predicted molar refractivity (Wildman–Crippen MR) is 91.4 cm³/mol. The molecule has 0 aliphatic heterocycles. The average Bonchev–Trinajstić information content (AvgIpc) is 2.52. The second-order valence-corrected chi connectivity index (χ2v) is 6.01. The second-order valence-electron chi connectivity index (χ2n) is 5.09. The minimum atomic E-state index is 0.271. The summed E-state index contributed by atoms with van der Waals surface area (Å²) in [6.07, 6.45) is 2.79. The summed E-state index contributed by atoms with van der Waals surface area (Å²) in [5.41, 5.74) is 3.65. The molecule has 3 heteroatoms. The zero-order valence-corrected chi connectivity index (χ0v) is 13.5. The van der Waals surface area contributed by atoms with E-state index in [-0.39, 0.29) is 6.04 Å². The molecule has 0 amide bonds. The second kappa shape index (κ2) is 6.37. The fourth-order valence-corrected chi connectivity index (χ4v) is 3.14. The van der Waals surface area contributed by atoms with Crippen LogP contribution in [-0.2, 0) is 6.42 Å². The van der Waals surface area contributed by atoms with Crippen molar-refractivity contribution in [1.29, 1.82) is 0 Å². The van der Waals surface area contributed by atoms with Crippen LogP contribution in [0.3, 0.4) is 0 Å². The first kappa shape index (κ1) is 14.2. The van der Waals surface area contributed by atoms with Gasteiger partial charge in [-0.25, -0.2) is 0 Å². The number of hydrogen-bond acceptors (Lipinski definition) is 2. The van der Waals surface area contributed by atoms with Gasteiger partial charge in [0.1, 0.15) is 0 Å². The largest absolute Gasteiger partial charge is 0.313 e. The summed E-state index contributed by atoms with van der Waals surface area (Å²) in [4.78, 5) is 4.44. The third-order valence-corrected chi connectivity index (χ3v) is 4.23. The third kappa shape index (κ3) is 3.14. The van der Waals surface area contributed by atoms with Crippen LogP contribution in [0.25, 0.3) is 10.9 Å². The van der Waals surface area contributed by atoms with Gasteiger partial charge in [-0.1, -0.05) is 46.3 Å². The van der Waals surface area contributed by atoms with Crippen LogP contribution < -0.4 is 5.32 Å². The van der Waals surface area contributed by atoms with Crippen molar-refractivity contribution in [3.05, 3.63) is 76.4 Å². The maximum Gasteiger partial charge on any atom is 0.0705 e. The number of aromatic nitrogens is 1. The fraction of sp³-hybridized carbons (Fsp3) is 0.167. The minimum Gasteiger partial charge on any atom is -0.313 e. The average molecular weight is 341 g/mol. The van der Waals surface area contributed by atoms with E-state index in [1.165, 1.54) is 16.5 Å². The number of nitrogens with zero attached hydrogens (tertiary/aromatic N) is 1. The van der Waals surface area contributed by atoms with Crippen molar-refractivity contribution in [2.45, 2.75) is 12.5 Å². The quantitative estimate of drug-likeness (QED) is 0.756. The molecule has 0 bridgehead atoms. The van der Waals surface area contributed by atoms with Crippen LogP contribution in [0.15, 0.2) is 65.3 Å². The Morgan fingerprint density at radius 1 is 1.10 bits per heavy atom. The van der Waals surface area contributed by atoms with E-state index in [0.717, 1.165) is 16.4 Å². The number of hydrogen-bond donors (Lipinski definition) is 1. The fourth-order valence-electron chi connectivity index (χ4n) is 2.70. The Morgan fingerprint density at radius 2 is 1.95 bits per heavy atom. The Balaban J connectivity index is 1.98. The number of fused-ring (bicyclic) bond motifs is 1.